The first-order valence-corrected chi connectivity index (χ1v) is 6.38. The quantitative estimate of drug-likeness (QED) is 0.731. The molecule has 17 heavy (non-hydrogen) atoms. The first-order valence-electron chi connectivity index (χ1n) is 6.38. The number of amides is 1. The summed E-state index contributed by atoms with van der Waals surface area (Å²) in [6.45, 7) is 6.36. The van der Waals surface area contributed by atoms with Gasteiger partial charge in [0.25, 0.3) is 0 Å². The molecule has 5 nitrogen and oxygen atoms in total. The average molecular weight is 241 g/mol. The van der Waals surface area contributed by atoms with E-state index in [1.807, 2.05) is 4.90 Å². The van der Waals surface area contributed by atoms with Crippen molar-refractivity contribution in [2.75, 3.05) is 39.9 Å². The van der Waals surface area contributed by atoms with Crippen LogP contribution in [0.5, 0.6) is 0 Å². The van der Waals surface area contributed by atoms with Crippen LogP contribution < -0.4 is 5.73 Å². The van der Waals surface area contributed by atoms with Crippen molar-refractivity contribution in [3.8, 4) is 0 Å². The van der Waals surface area contributed by atoms with E-state index in [1.54, 1.807) is 7.11 Å². The Kier molecular flexibility index (Phi) is 3.70. The summed E-state index contributed by atoms with van der Waals surface area (Å²) >= 11 is 0. The third kappa shape index (κ3) is 2.78. The van der Waals surface area contributed by atoms with Crippen LogP contribution >= 0.6 is 0 Å². The predicted molar refractivity (Wildman–Crippen MR) is 65.6 cm³/mol. The fraction of sp³-hybridized carbons (Fsp3) is 0.917. The summed E-state index contributed by atoms with van der Waals surface area (Å²) in [6, 6.07) is 0.394. The van der Waals surface area contributed by atoms with Crippen molar-refractivity contribution in [3.63, 3.8) is 0 Å². The lowest BCUT2D eigenvalue weighted by Crippen LogP contribution is -2.57. The van der Waals surface area contributed by atoms with Gasteiger partial charge in [-0.05, 0) is 19.8 Å². The molecule has 0 aromatic carbocycles. The maximum atomic E-state index is 12.1. The topological polar surface area (TPSA) is 58.8 Å². The van der Waals surface area contributed by atoms with Crippen LogP contribution in [0.15, 0.2) is 0 Å². The molecule has 2 aliphatic rings. The van der Waals surface area contributed by atoms with E-state index >= 15 is 0 Å². The number of rotatable bonds is 4. The smallest absolute Gasteiger partial charge is 0.242 e. The van der Waals surface area contributed by atoms with Crippen molar-refractivity contribution < 1.29 is 9.53 Å². The monoisotopic (exact) mass is 241 g/mol. The summed E-state index contributed by atoms with van der Waals surface area (Å²) in [6.07, 6.45) is 1.70. The zero-order valence-electron chi connectivity index (χ0n) is 10.8. The van der Waals surface area contributed by atoms with Crippen molar-refractivity contribution >= 4 is 5.91 Å². The molecule has 0 bridgehead atoms. The standard InChI is InChI=1S/C12H23N3O2/c1-10-9-15(11(16)12(13)3-4-12)6-5-14(10)7-8-17-2/h10H,3-9,13H2,1-2H3. The number of hydrogen-bond donors (Lipinski definition) is 1. The van der Waals surface area contributed by atoms with E-state index < -0.39 is 5.54 Å². The molecule has 2 rings (SSSR count). The van der Waals surface area contributed by atoms with Crippen LogP contribution in [0.2, 0.25) is 0 Å². The molecular weight excluding hydrogens is 218 g/mol. The fourth-order valence-electron chi connectivity index (χ4n) is 2.38. The molecular formula is C12H23N3O2. The molecule has 1 saturated heterocycles. The molecule has 1 atom stereocenters. The van der Waals surface area contributed by atoms with Crippen LogP contribution in [0, 0.1) is 0 Å². The molecule has 0 spiro atoms. The van der Waals surface area contributed by atoms with Crippen LogP contribution in [0.3, 0.4) is 0 Å². The Hall–Kier alpha value is -0.650. The molecule has 1 aliphatic carbocycles. The molecule has 5 heteroatoms. The zero-order valence-corrected chi connectivity index (χ0v) is 10.8. The van der Waals surface area contributed by atoms with Gasteiger partial charge >= 0.3 is 0 Å². The maximum Gasteiger partial charge on any atom is 0.242 e. The Morgan fingerprint density at radius 1 is 1.47 bits per heavy atom. The Morgan fingerprint density at radius 3 is 2.71 bits per heavy atom. The minimum Gasteiger partial charge on any atom is -0.383 e. The first kappa shape index (κ1) is 12.8. The number of piperazine rings is 1. The molecule has 2 N–H and O–H groups in total. The number of nitrogens with zero attached hydrogens (tertiary/aromatic N) is 2. The Labute approximate surface area is 103 Å². The summed E-state index contributed by atoms with van der Waals surface area (Å²) < 4.78 is 5.09. The van der Waals surface area contributed by atoms with E-state index in [0.29, 0.717) is 6.04 Å². The second kappa shape index (κ2) is 4.92. The number of hydrogen-bond acceptors (Lipinski definition) is 4. The molecule has 1 unspecified atom stereocenters. The van der Waals surface area contributed by atoms with Gasteiger partial charge in [0.15, 0.2) is 0 Å². The number of carbonyl (C=O) groups excluding carboxylic acids is 1. The minimum atomic E-state index is -0.519. The molecule has 1 aliphatic heterocycles. The number of nitrogens with two attached hydrogens (primary N) is 1. The Morgan fingerprint density at radius 2 is 2.18 bits per heavy atom. The van der Waals surface area contributed by atoms with Crippen LogP contribution in [-0.2, 0) is 9.53 Å². The molecule has 1 amide bonds. The highest BCUT2D eigenvalue weighted by molar-refractivity contribution is 5.89. The average Bonchev–Trinajstić information content (AvgIpc) is 3.06. The molecule has 1 saturated carbocycles. The Balaban J connectivity index is 1.84. The van der Waals surface area contributed by atoms with E-state index in [-0.39, 0.29) is 5.91 Å². The van der Waals surface area contributed by atoms with Crippen LogP contribution in [0.25, 0.3) is 0 Å². The van der Waals surface area contributed by atoms with Crippen molar-refractivity contribution in [1.82, 2.24) is 9.80 Å². The molecule has 1 heterocycles. The van der Waals surface area contributed by atoms with Crippen molar-refractivity contribution in [1.29, 1.82) is 0 Å². The fourth-order valence-corrected chi connectivity index (χ4v) is 2.38. The summed E-state index contributed by atoms with van der Waals surface area (Å²) in [5, 5.41) is 0. The molecule has 98 valence electrons. The van der Waals surface area contributed by atoms with E-state index in [9.17, 15) is 4.79 Å². The Bertz CT molecular complexity index is 291. The van der Waals surface area contributed by atoms with Crippen LogP contribution in [-0.4, -0.2) is 67.2 Å². The van der Waals surface area contributed by atoms with Gasteiger partial charge in [-0.15, -0.1) is 0 Å². The molecule has 2 fully saturated rings. The lowest BCUT2D eigenvalue weighted by Gasteiger charge is -2.40. The maximum absolute atomic E-state index is 12.1. The lowest BCUT2D eigenvalue weighted by molar-refractivity contribution is -0.136. The SMILES string of the molecule is COCCN1CCN(C(=O)C2(N)CC2)CC1C. The predicted octanol–water partition coefficient (Wildman–Crippen LogP) is -0.343. The number of carbonyl (C=O) groups is 1. The van der Waals surface area contributed by atoms with E-state index in [0.717, 1.165) is 45.6 Å². The largest absolute Gasteiger partial charge is 0.383 e. The number of methoxy groups -OCH3 is 1. The van der Waals surface area contributed by atoms with Crippen molar-refractivity contribution in [2.24, 2.45) is 5.73 Å². The second-order valence-electron chi connectivity index (χ2n) is 5.29. The second-order valence-corrected chi connectivity index (χ2v) is 5.29. The highest BCUT2D eigenvalue weighted by Gasteiger charge is 2.48. The van der Waals surface area contributed by atoms with Gasteiger partial charge in [-0.1, -0.05) is 0 Å². The van der Waals surface area contributed by atoms with Crippen LogP contribution in [0.4, 0.5) is 0 Å². The highest BCUT2D eigenvalue weighted by Crippen LogP contribution is 2.34. The van der Waals surface area contributed by atoms with Gasteiger partial charge in [0.1, 0.15) is 0 Å². The van der Waals surface area contributed by atoms with Gasteiger partial charge in [0.2, 0.25) is 5.91 Å². The minimum absolute atomic E-state index is 0.149. The molecule has 0 radical (unpaired) electrons. The first-order chi connectivity index (χ1) is 8.07. The van der Waals surface area contributed by atoms with Gasteiger partial charge in [-0.3, -0.25) is 9.69 Å². The third-order valence-electron chi connectivity index (χ3n) is 3.85. The summed E-state index contributed by atoms with van der Waals surface area (Å²) in [5.41, 5.74) is 5.44. The summed E-state index contributed by atoms with van der Waals surface area (Å²) in [5.74, 6) is 0.149. The number of ether oxygens (including phenoxy) is 1. The summed E-state index contributed by atoms with van der Waals surface area (Å²) in [4.78, 5) is 16.4. The zero-order chi connectivity index (χ0) is 12.5. The summed E-state index contributed by atoms with van der Waals surface area (Å²) in [7, 11) is 1.72. The lowest BCUT2D eigenvalue weighted by atomic mass is 10.1. The molecule has 0 aromatic heterocycles. The van der Waals surface area contributed by atoms with Gasteiger partial charge in [0.05, 0.1) is 12.1 Å². The molecule has 0 aromatic rings. The van der Waals surface area contributed by atoms with Gasteiger partial charge in [-0.25, -0.2) is 0 Å². The van der Waals surface area contributed by atoms with E-state index in [4.69, 9.17) is 10.5 Å². The highest BCUT2D eigenvalue weighted by atomic mass is 16.5. The van der Waals surface area contributed by atoms with Gasteiger partial charge < -0.3 is 15.4 Å². The van der Waals surface area contributed by atoms with Crippen molar-refractivity contribution in [2.45, 2.75) is 31.3 Å². The van der Waals surface area contributed by atoms with E-state index in [2.05, 4.69) is 11.8 Å². The van der Waals surface area contributed by atoms with Crippen molar-refractivity contribution in [3.05, 3.63) is 0 Å². The van der Waals surface area contributed by atoms with Gasteiger partial charge in [-0.2, -0.15) is 0 Å². The van der Waals surface area contributed by atoms with E-state index in [1.165, 1.54) is 0 Å². The van der Waals surface area contributed by atoms with Gasteiger partial charge in [0, 0.05) is 39.3 Å². The van der Waals surface area contributed by atoms with Crippen LogP contribution in [0.1, 0.15) is 19.8 Å². The third-order valence-corrected chi connectivity index (χ3v) is 3.85. The normalized spacial score (nSPS) is 28.2.